The summed E-state index contributed by atoms with van der Waals surface area (Å²) in [7, 11) is 0. The number of benzene rings is 1. The molecule has 2 aliphatic rings. The number of rotatable bonds is 3. The van der Waals surface area contributed by atoms with Crippen molar-refractivity contribution in [2.45, 2.75) is 25.7 Å². The van der Waals surface area contributed by atoms with Crippen molar-refractivity contribution in [2.24, 2.45) is 22.9 Å². The van der Waals surface area contributed by atoms with Crippen LogP contribution < -0.4 is 5.43 Å². The van der Waals surface area contributed by atoms with Crippen LogP contribution in [-0.2, 0) is 4.79 Å². The van der Waals surface area contributed by atoms with E-state index >= 15 is 0 Å². The zero-order valence-corrected chi connectivity index (χ0v) is 10.7. The summed E-state index contributed by atoms with van der Waals surface area (Å²) in [4.78, 5) is 11.9. The maximum Gasteiger partial charge on any atom is 0.243 e. The number of carbonyl (C=O) groups is 1. The van der Waals surface area contributed by atoms with Crippen molar-refractivity contribution in [3.63, 3.8) is 0 Å². The standard InChI is InChI=1S/C15H17FN2O/c16-11-7-5-10(6-8-11)9-17-18-15(19)14-12-3-1-2-4-13(12)14/h5-9,12-14H,1-4H2,(H,18,19)/b17-9-/t12-,13-/m1/s1. The second-order valence-corrected chi connectivity index (χ2v) is 5.42. The molecule has 2 aliphatic carbocycles. The number of fused-ring (bicyclic) bond motifs is 1. The van der Waals surface area contributed by atoms with Crippen LogP contribution in [0.3, 0.4) is 0 Å². The first-order valence-electron chi connectivity index (χ1n) is 6.84. The molecule has 4 heteroatoms. The van der Waals surface area contributed by atoms with E-state index in [1.54, 1.807) is 18.3 Å². The molecular formula is C15H17FN2O. The van der Waals surface area contributed by atoms with Crippen molar-refractivity contribution in [3.8, 4) is 0 Å². The normalized spacial score (nSPS) is 29.0. The second-order valence-electron chi connectivity index (χ2n) is 5.42. The average Bonchev–Trinajstić information content (AvgIpc) is 3.15. The molecule has 1 N–H and O–H groups in total. The predicted molar refractivity (Wildman–Crippen MR) is 71.1 cm³/mol. The van der Waals surface area contributed by atoms with Crippen LogP contribution in [0.15, 0.2) is 29.4 Å². The van der Waals surface area contributed by atoms with Crippen LogP contribution in [0.25, 0.3) is 0 Å². The molecule has 0 aromatic heterocycles. The third-order valence-electron chi connectivity index (χ3n) is 4.22. The number of amides is 1. The highest BCUT2D eigenvalue weighted by Gasteiger charge is 2.54. The first-order valence-corrected chi connectivity index (χ1v) is 6.84. The van der Waals surface area contributed by atoms with Gasteiger partial charge in [0.2, 0.25) is 5.91 Å². The topological polar surface area (TPSA) is 41.5 Å². The van der Waals surface area contributed by atoms with Gasteiger partial charge in [-0.1, -0.05) is 25.0 Å². The van der Waals surface area contributed by atoms with Crippen LogP contribution >= 0.6 is 0 Å². The third-order valence-corrected chi connectivity index (χ3v) is 4.22. The van der Waals surface area contributed by atoms with Crippen LogP contribution in [0.1, 0.15) is 31.2 Å². The van der Waals surface area contributed by atoms with Gasteiger partial charge < -0.3 is 0 Å². The lowest BCUT2D eigenvalue weighted by atomic mass is 10.0. The molecule has 3 rings (SSSR count). The molecule has 1 aromatic carbocycles. The summed E-state index contributed by atoms with van der Waals surface area (Å²) >= 11 is 0. The number of nitrogens with zero attached hydrogens (tertiary/aromatic N) is 1. The van der Waals surface area contributed by atoms with Gasteiger partial charge in [-0.15, -0.1) is 0 Å². The van der Waals surface area contributed by atoms with Gasteiger partial charge in [0.05, 0.1) is 6.21 Å². The Kier molecular flexibility index (Phi) is 3.32. The molecule has 0 saturated heterocycles. The fraction of sp³-hybridized carbons (Fsp3) is 0.467. The molecule has 1 aromatic rings. The zero-order chi connectivity index (χ0) is 13.2. The SMILES string of the molecule is O=C(N/N=C\c1ccc(F)cc1)C1[C@@H]2CCCC[C@@H]12. The summed E-state index contributed by atoms with van der Waals surface area (Å²) in [6, 6.07) is 6.00. The summed E-state index contributed by atoms with van der Waals surface area (Å²) in [6.07, 6.45) is 6.42. The van der Waals surface area contributed by atoms with Gasteiger partial charge in [0, 0.05) is 5.92 Å². The van der Waals surface area contributed by atoms with Crippen molar-refractivity contribution in [2.75, 3.05) is 0 Å². The Labute approximate surface area is 111 Å². The minimum atomic E-state index is -0.275. The maximum atomic E-state index is 12.7. The van der Waals surface area contributed by atoms with Crippen LogP contribution in [0.4, 0.5) is 4.39 Å². The van der Waals surface area contributed by atoms with E-state index in [0.29, 0.717) is 11.8 Å². The summed E-state index contributed by atoms with van der Waals surface area (Å²) in [5.74, 6) is 1.12. The fourth-order valence-corrected chi connectivity index (χ4v) is 3.18. The molecule has 2 saturated carbocycles. The van der Waals surface area contributed by atoms with E-state index < -0.39 is 0 Å². The quantitative estimate of drug-likeness (QED) is 0.659. The molecular weight excluding hydrogens is 243 g/mol. The van der Waals surface area contributed by atoms with E-state index in [4.69, 9.17) is 0 Å². The summed E-state index contributed by atoms with van der Waals surface area (Å²) < 4.78 is 12.7. The maximum absolute atomic E-state index is 12.7. The lowest BCUT2D eigenvalue weighted by molar-refractivity contribution is -0.122. The molecule has 0 aliphatic heterocycles. The van der Waals surface area contributed by atoms with E-state index in [0.717, 1.165) is 5.56 Å². The third kappa shape index (κ3) is 2.67. The summed E-state index contributed by atoms with van der Waals surface area (Å²) in [5, 5.41) is 3.94. The van der Waals surface area contributed by atoms with E-state index in [-0.39, 0.29) is 17.6 Å². The minimum absolute atomic E-state index is 0.0373. The Morgan fingerprint density at radius 1 is 1.21 bits per heavy atom. The van der Waals surface area contributed by atoms with Crippen LogP contribution in [0.2, 0.25) is 0 Å². The first-order chi connectivity index (χ1) is 9.25. The van der Waals surface area contributed by atoms with Gasteiger partial charge in [-0.25, -0.2) is 9.82 Å². The molecule has 0 unspecified atom stereocenters. The van der Waals surface area contributed by atoms with E-state index in [1.807, 2.05) is 0 Å². The van der Waals surface area contributed by atoms with Crippen molar-refractivity contribution >= 4 is 12.1 Å². The van der Waals surface area contributed by atoms with Crippen LogP contribution in [0.5, 0.6) is 0 Å². The van der Waals surface area contributed by atoms with Crippen molar-refractivity contribution in [1.29, 1.82) is 0 Å². The van der Waals surface area contributed by atoms with Gasteiger partial charge in [0.15, 0.2) is 0 Å². The number of hydrogen-bond acceptors (Lipinski definition) is 2. The highest BCUT2D eigenvalue weighted by molar-refractivity contribution is 5.85. The number of nitrogens with one attached hydrogen (secondary N) is 1. The lowest BCUT2D eigenvalue weighted by Crippen LogP contribution is -2.20. The van der Waals surface area contributed by atoms with Crippen molar-refractivity contribution < 1.29 is 9.18 Å². The van der Waals surface area contributed by atoms with Gasteiger partial charge in [-0.3, -0.25) is 4.79 Å². The average molecular weight is 260 g/mol. The molecule has 0 radical (unpaired) electrons. The number of hydrogen-bond donors (Lipinski definition) is 1. The molecule has 100 valence electrons. The predicted octanol–water partition coefficient (Wildman–Crippen LogP) is 2.71. The smallest absolute Gasteiger partial charge is 0.243 e. The molecule has 19 heavy (non-hydrogen) atoms. The second kappa shape index (κ2) is 5.11. The molecule has 2 atom stereocenters. The van der Waals surface area contributed by atoms with Crippen LogP contribution in [-0.4, -0.2) is 12.1 Å². The molecule has 1 amide bonds. The summed E-state index contributed by atoms with van der Waals surface area (Å²) in [6.45, 7) is 0. The Bertz CT molecular complexity index is 485. The summed E-state index contributed by atoms with van der Waals surface area (Å²) in [5.41, 5.74) is 3.37. The fourth-order valence-electron chi connectivity index (χ4n) is 3.18. The Hall–Kier alpha value is -1.71. The monoisotopic (exact) mass is 260 g/mol. The Balaban J connectivity index is 1.52. The lowest BCUT2D eigenvalue weighted by Gasteiger charge is -2.04. The number of hydrazone groups is 1. The molecule has 0 bridgehead atoms. The molecule has 2 fully saturated rings. The first kappa shape index (κ1) is 12.3. The largest absolute Gasteiger partial charge is 0.273 e. The minimum Gasteiger partial charge on any atom is -0.273 e. The van der Waals surface area contributed by atoms with E-state index in [9.17, 15) is 9.18 Å². The molecule has 3 nitrogen and oxygen atoms in total. The zero-order valence-electron chi connectivity index (χ0n) is 10.7. The highest BCUT2D eigenvalue weighted by atomic mass is 19.1. The highest BCUT2D eigenvalue weighted by Crippen LogP contribution is 2.55. The molecule has 0 spiro atoms. The van der Waals surface area contributed by atoms with Gasteiger partial charge in [-0.05, 0) is 42.4 Å². The molecule has 0 heterocycles. The Morgan fingerprint density at radius 2 is 1.84 bits per heavy atom. The Morgan fingerprint density at radius 3 is 2.47 bits per heavy atom. The van der Waals surface area contributed by atoms with Crippen LogP contribution in [0, 0.1) is 23.6 Å². The number of halogens is 1. The van der Waals surface area contributed by atoms with E-state index in [1.165, 1.54) is 37.8 Å². The van der Waals surface area contributed by atoms with Gasteiger partial charge in [0.25, 0.3) is 0 Å². The van der Waals surface area contributed by atoms with Crippen molar-refractivity contribution in [1.82, 2.24) is 5.43 Å². The van der Waals surface area contributed by atoms with Gasteiger partial charge in [-0.2, -0.15) is 5.10 Å². The van der Waals surface area contributed by atoms with Gasteiger partial charge >= 0.3 is 0 Å². The van der Waals surface area contributed by atoms with Crippen molar-refractivity contribution in [3.05, 3.63) is 35.6 Å². The number of carbonyl (C=O) groups excluding carboxylic acids is 1. The van der Waals surface area contributed by atoms with Gasteiger partial charge in [0.1, 0.15) is 5.82 Å². The van der Waals surface area contributed by atoms with E-state index in [2.05, 4.69) is 10.5 Å².